The minimum atomic E-state index is -0.640. The zero-order valence-electron chi connectivity index (χ0n) is 10.1. The first-order valence-corrected chi connectivity index (χ1v) is 6.22. The summed E-state index contributed by atoms with van der Waals surface area (Å²) in [5.41, 5.74) is -0.0956. The molecule has 2 N–H and O–H groups in total. The molecule has 2 amide bonds. The van der Waals surface area contributed by atoms with Crippen molar-refractivity contribution in [2.24, 2.45) is 0 Å². The smallest absolute Gasteiger partial charge is 0.254 e. The quantitative estimate of drug-likeness (QED) is 0.890. The molecular weight excluding hydrogens is 303 g/mol. The molecule has 0 heterocycles. The van der Waals surface area contributed by atoms with Gasteiger partial charge in [-0.2, -0.15) is 0 Å². The van der Waals surface area contributed by atoms with Crippen LogP contribution in [0.3, 0.4) is 0 Å². The molecule has 0 bridgehead atoms. The second kappa shape index (κ2) is 6.49. The molecule has 0 unspecified atom stereocenters. The summed E-state index contributed by atoms with van der Waals surface area (Å²) >= 11 is 2.99. The Labute approximate surface area is 113 Å². The van der Waals surface area contributed by atoms with E-state index in [1.54, 1.807) is 6.07 Å². The summed E-state index contributed by atoms with van der Waals surface area (Å²) in [7, 11) is 0. The number of hydrogen-bond donors (Lipinski definition) is 2. The topological polar surface area (TPSA) is 58.2 Å². The Morgan fingerprint density at radius 2 is 2.06 bits per heavy atom. The zero-order chi connectivity index (χ0) is 13.7. The largest absolute Gasteiger partial charge is 0.352 e. The maximum Gasteiger partial charge on any atom is 0.254 e. The predicted octanol–water partition coefficient (Wildman–Crippen LogP) is 1.84. The van der Waals surface area contributed by atoms with Crippen molar-refractivity contribution in [1.29, 1.82) is 0 Å². The van der Waals surface area contributed by atoms with Gasteiger partial charge < -0.3 is 10.6 Å². The molecule has 0 aliphatic rings. The van der Waals surface area contributed by atoms with Gasteiger partial charge >= 0.3 is 0 Å². The summed E-state index contributed by atoms with van der Waals surface area (Å²) in [6.45, 7) is 3.45. The molecule has 1 rings (SSSR count). The minimum absolute atomic E-state index is 0.00277. The summed E-state index contributed by atoms with van der Waals surface area (Å²) in [6.07, 6.45) is 0. The van der Waals surface area contributed by atoms with Crippen molar-refractivity contribution in [3.05, 3.63) is 34.1 Å². The van der Waals surface area contributed by atoms with Crippen LogP contribution in [-0.2, 0) is 4.79 Å². The van der Waals surface area contributed by atoms with Crippen molar-refractivity contribution < 1.29 is 14.0 Å². The van der Waals surface area contributed by atoms with Gasteiger partial charge in [-0.15, -0.1) is 0 Å². The molecule has 0 radical (unpaired) electrons. The van der Waals surface area contributed by atoms with E-state index in [4.69, 9.17) is 0 Å². The molecule has 98 valence electrons. The van der Waals surface area contributed by atoms with Crippen LogP contribution in [0.5, 0.6) is 0 Å². The number of rotatable bonds is 4. The lowest BCUT2D eigenvalue weighted by atomic mass is 10.2. The lowest BCUT2D eigenvalue weighted by Crippen LogP contribution is -2.40. The SMILES string of the molecule is CC(C)NC(=O)CNC(=O)c1cccc(Br)c1F. The van der Waals surface area contributed by atoms with Gasteiger partial charge in [0.25, 0.3) is 5.91 Å². The third-order valence-electron chi connectivity index (χ3n) is 2.06. The number of hydrogen-bond acceptors (Lipinski definition) is 2. The standard InChI is InChI=1S/C12H14BrFN2O2/c1-7(2)16-10(17)6-15-12(18)8-4-3-5-9(13)11(8)14/h3-5,7H,6H2,1-2H3,(H,15,18)(H,16,17). The summed E-state index contributed by atoms with van der Waals surface area (Å²) in [4.78, 5) is 23.0. The highest BCUT2D eigenvalue weighted by molar-refractivity contribution is 9.10. The van der Waals surface area contributed by atoms with E-state index in [1.807, 2.05) is 13.8 Å². The Hall–Kier alpha value is -1.43. The van der Waals surface area contributed by atoms with E-state index >= 15 is 0 Å². The second-order valence-electron chi connectivity index (χ2n) is 4.01. The Balaban J connectivity index is 2.61. The van der Waals surface area contributed by atoms with Crippen LogP contribution in [0, 0.1) is 5.82 Å². The molecule has 0 aromatic heterocycles. The first-order valence-electron chi connectivity index (χ1n) is 5.43. The molecule has 1 aromatic rings. The summed E-state index contributed by atoms with van der Waals surface area (Å²) in [5, 5.41) is 4.98. The van der Waals surface area contributed by atoms with E-state index in [0.29, 0.717) is 0 Å². The average molecular weight is 317 g/mol. The van der Waals surface area contributed by atoms with Crippen LogP contribution in [0.15, 0.2) is 22.7 Å². The molecule has 0 aliphatic heterocycles. The number of amides is 2. The Morgan fingerprint density at radius 1 is 1.39 bits per heavy atom. The molecule has 18 heavy (non-hydrogen) atoms. The highest BCUT2D eigenvalue weighted by Crippen LogP contribution is 2.18. The fourth-order valence-corrected chi connectivity index (χ4v) is 1.67. The van der Waals surface area contributed by atoms with Crippen molar-refractivity contribution in [2.45, 2.75) is 19.9 Å². The van der Waals surface area contributed by atoms with E-state index in [0.717, 1.165) is 0 Å². The molecule has 0 spiro atoms. The van der Waals surface area contributed by atoms with Gasteiger partial charge in [-0.05, 0) is 41.9 Å². The van der Waals surface area contributed by atoms with Gasteiger partial charge in [-0.1, -0.05) is 6.07 Å². The molecule has 0 saturated heterocycles. The molecule has 4 nitrogen and oxygen atoms in total. The average Bonchev–Trinajstić information content (AvgIpc) is 2.29. The van der Waals surface area contributed by atoms with Crippen LogP contribution in [0.2, 0.25) is 0 Å². The monoisotopic (exact) mass is 316 g/mol. The van der Waals surface area contributed by atoms with Gasteiger partial charge in [-0.3, -0.25) is 9.59 Å². The molecule has 6 heteroatoms. The van der Waals surface area contributed by atoms with Gasteiger partial charge in [0.15, 0.2) is 0 Å². The fourth-order valence-electron chi connectivity index (χ4n) is 1.31. The summed E-state index contributed by atoms with van der Waals surface area (Å²) in [6, 6.07) is 4.40. The first-order chi connectivity index (χ1) is 8.41. The molecule has 1 aromatic carbocycles. The lowest BCUT2D eigenvalue weighted by Gasteiger charge is -2.09. The number of carbonyl (C=O) groups excluding carboxylic acids is 2. The third kappa shape index (κ3) is 4.10. The molecular formula is C12H14BrFN2O2. The summed E-state index contributed by atoms with van der Waals surface area (Å²) in [5.74, 6) is -1.57. The molecule has 0 fully saturated rings. The van der Waals surface area contributed by atoms with Crippen molar-refractivity contribution in [3.63, 3.8) is 0 Å². The minimum Gasteiger partial charge on any atom is -0.352 e. The molecule has 0 aliphatic carbocycles. The van der Waals surface area contributed by atoms with E-state index in [9.17, 15) is 14.0 Å². The van der Waals surface area contributed by atoms with Crippen molar-refractivity contribution in [1.82, 2.24) is 10.6 Å². The van der Waals surface area contributed by atoms with Gasteiger partial charge in [0.05, 0.1) is 16.6 Å². The Bertz CT molecular complexity index is 463. The summed E-state index contributed by atoms with van der Waals surface area (Å²) < 4.78 is 13.8. The van der Waals surface area contributed by atoms with Crippen LogP contribution in [0.1, 0.15) is 24.2 Å². The number of benzene rings is 1. The second-order valence-corrected chi connectivity index (χ2v) is 4.86. The Morgan fingerprint density at radius 3 is 2.67 bits per heavy atom. The van der Waals surface area contributed by atoms with Gasteiger partial charge in [0.2, 0.25) is 5.91 Å². The first kappa shape index (κ1) is 14.6. The highest BCUT2D eigenvalue weighted by atomic mass is 79.9. The number of carbonyl (C=O) groups is 2. The van der Waals surface area contributed by atoms with E-state index < -0.39 is 11.7 Å². The fraction of sp³-hybridized carbons (Fsp3) is 0.333. The van der Waals surface area contributed by atoms with Crippen LogP contribution in [0.25, 0.3) is 0 Å². The van der Waals surface area contributed by atoms with Crippen molar-refractivity contribution in [3.8, 4) is 0 Å². The lowest BCUT2D eigenvalue weighted by molar-refractivity contribution is -0.120. The van der Waals surface area contributed by atoms with Crippen LogP contribution in [-0.4, -0.2) is 24.4 Å². The zero-order valence-corrected chi connectivity index (χ0v) is 11.7. The van der Waals surface area contributed by atoms with Gasteiger partial charge in [0, 0.05) is 6.04 Å². The van der Waals surface area contributed by atoms with Gasteiger partial charge in [0.1, 0.15) is 5.82 Å². The normalized spacial score (nSPS) is 10.3. The number of nitrogens with one attached hydrogen (secondary N) is 2. The van der Waals surface area contributed by atoms with Crippen molar-refractivity contribution >= 4 is 27.7 Å². The van der Waals surface area contributed by atoms with Crippen LogP contribution >= 0.6 is 15.9 Å². The molecule has 0 saturated carbocycles. The number of halogens is 2. The third-order valence-corrected chi connectivity index (χ3v) is 2.67. The van der Waals surface area contributed by atoms with Crippen LogP contribution < -0.4 is 10.6 Å². The highest BCUT2D eigenvalue weighted by Gasteiger charge is 2.14. The van der Waals surface area contributed by atoms with E-state index in [-0.39, 0.29) is 28.5 Å². The predicted molar refractivity (Wildman–Crippen MR) is 69.7 cm³/mol. The van der Waals surface area contributed by atoms with E-state index in [1.165, 1.54) is 12.1 Å². The van der Waals surface area contributed by atoms with Gasteiger partial charge in [-0.25, -0.2) is 4.39 Å². The molecule has 0 atom stereocenters. The van der Waals surface area contributed by atoms with Crippen molar-refractivity contribution in [2.75, 3.05) is 6.54 Å². The maximum absolute atomic E-state index is 13.6. The Kier molecular flexibility index (Phi) is 5.27. The maximum atomic E-state index is 13.6. The van der Waals surface area contributed by atoms with E-state index in [2.05, 4.69) is 26.6 Å². The van der Waals surface area contributed by atoms with Crippen LogP contribution in [0.4, 0.5) is 4.39 Å².